The van der Waals surface area contributed by atoms with E-state index in [4.69, 9.17) is 4.74 Å². The molecule has 1 aromatic carbocycles. The van der Waals surface area contributed by atoms with Crippen molar-refractivity contribution in [2.45, 2.75) is 52.2 Å². The lowest BCUT2D eigenvalue weighted by Gasteiger charge is -2.12. The Labute approximate surface area is 165 Å². The summed E-state index contributed by atoms with van der Waals surface area (Å²) in [7, 11) is 0. The van der Waals surface area contributed by atoms with Crippen LogP contribution in [0.15, 0.2) is 42.6 Å². The molecule has 2 aromatic heterocycles. The smallest absolute Gasteiger partial charge is 0.253 e. The molecule has 0 unspecified atom stereocenters. The summed E-state index contributed by atoms with van der Waals surface area (Å²) in [5.74, 6) is 0.533. The van der Waals surface area contributed by atoms with Gasteiger partial charge in [0.1, 0.15) is 6.10 Å². The van der Waals surface area contributed by atoms with Crippen molar-refractivity contribution in [1.82, 2.24) is 15.3 Å². The van der Waals surface area contributed by atoms with Crippen molar-refractivity contribution < 1.29 is 9.53 Å². The number of carbonyl (C=O) groups excluding carboxylic acids is 1. The van der Waals surface area contributed by atoms with Crippen LogP contribution in [-0.2, 0) is 6.54 Å². The maximum Gasteiger partial charge on any atom is 0.253 e. The molecule has 4 rings (SSSR count). The minimum Gasteiger partial charge on any atom is -0.474 e. The van der Waals surface area contributed by atoms with Gasteiger partial charge in [0.2, 0.25) is 5.88 Å². The molecule has 1 amide bonds. The van der Waals surface area contributed by atoms with Gasteiger partial charge in [-0.15, -0.1) is 0 Å². The van der Waals surface area contributed by atoms with Gasteiger partial charge in [0.25, 0.3) is 5.91 Å². The molecule has 1 N–H and O–H groups in total. The monoisotopic (exact) mass is 375 g/mol. The van der Waals surface area contributed by atoms with Gasteiger partial charge in [0.15, 0.2) is 0 Å². The van der Waals surface area contributed by atoms with Gasteiger partial charge in [-0.1, -0.05) is 18.2 Å². The van der Waals surface area contributed by atoms with Crippen LogP contribution in [0, 0.1) is 13.8 Å². The molecule has 0 bridgehead atoms. The zero-order valence-electron chi connectivity index (χ0n) is 16.4. The van der Waals surface area contributed by atoms with E-state index in [2.05, 4.69) is 15.3 Å². The maximum absolute atomic E-state index is 12.7. The summed E-state index contributed by atoms with van der Waals surface area (Å²) >= 11 is 0. The number of fused-ring (bicyclic) bond motifs is 1. The van der Waals surface area contributed by atoms with Crippen LogP contribution >= 0.6 is 0 Å². The van der Waals surface area contributed by atoms with Gasteiger partial charge in [-0.05, 0) is 62.8 Å². The van der Waals surface area contributed by atoms with Crippen molar-refractivity contribution in [2.24, 2.45) is 0 Å². The standard InChI is InChI=1S/C23H25N3O2/c1-15-7-9-18-12-20(16(2)26-21(18)11-15)23(27)25-14-17-8-10-22(24-13-17)28-19-5-3-4-6-19/h7-13,19H,3-6,14H2,1-2H3,(H,25,27). The number of benzene rings is 1. The molecule has 0 saturated heterocycles. The highest BCUT2D eigenvalue weighted by Gasteiger charge is 2.17. The second-order valence-corrected chi connectivity index (χ2v) is 7.53. The largest absolute Gasteiger partial charge is 0.474 e. The lowest BCUT2D eigenvalue weighted by molar-refractivity contribution is 0.0950. The summed E-state index contributed by atoms with van der Waals surface area (Å²) in [6.07, 6.45) is 6.75. The zero-order chi connectivity index (χ0) is 19.5. The summed E-state index contributed by atoms with van der Waals surface area (Å²) in [5.41, 5.74) is 4.34. The van der Waals surface area contributed by atoms with Crippen molar-refractivity contribution in [2.75, 3.05) is 0 Å². The van der Waals surface area contributed by atoms with E-state index in [1.165, 1.54) is 12.8 Å². The first kappa shape index (κ1) is 18.4. The van der Waals surface area contributed by atoms with E-state index in [9.17, 15) is 4.79 Å². The molecule has 1 aliphatic carbocycles. The molecule has 1 fully saturated rings. The molecule has 0 aliphatic heterocycles. The Balaban J connectivity index is 1.40. The Morgan fingerprint density at radius 3 is 2.71 bits per heavy atom. The van der Waals surface area contributed by atoms with Gasteiger partial charge in [-0.2, -0.15) is 0 Å². The molecule has 1 saturated carbocycles. The Morgan fingerprint density at radius 2 is 1.96 bits per heavy atom. The third-order valence-electron chi connectivity index (χ3n) is 5.25. The van der Waals surface area contributed by atoms with Gasteiger partial charge in [-0.3, -0.25) is 9.78 Å². The van der Waals surface area contributed by atoms with E-state index in [-0.39, 0.29) is 5.91 Å². The fourth-order valence-corrected chi connectivity index (χ4v) is 3.64. The summed E-state index contributed by atoms with van der Waals surface area (Å²) in [6, 6.07) is 11.8. The minimum atomic E-state index is -0.126. The number of pyridine rings is 2. The van der Waals surface area contributed by atoms with Crippen LogP contribution in [0.2, 0.25) is 0 Å². The summed E-state index contributed by atoms with van der Waals surface area (Å²) in [6.45, 7) is 4.32. The zero-order valence-corrected chi connectivity index (χ0v) is 16.4. The first-order valence-corrected chi connectivity index (χ1v) is 9.86. The fraction of sp³-hybridized carbons (Fsp3) is 0.348. The third kappa shape index (κ3) is 4.14. The maximum atomic E-state index is 12.7. The number of carbonyl (C=O) groups is 1. The highest BCUT2D eigenvalue weighted by Crippen LogP contribution is 2.23. The van der Waals surface area contributed by atoms with Crippen molar-refractivity contribution in [1.29, 1.82) is 0 Å². The lowest BCUT2D eigenvalue weighted by atomic mass is 10.1. The first-order chi connectivity index (χ1) is 13.6. The van der Waals surface area contributed by atoms with Crippen LogP contribution in [0.4, 0.5) is 0 Å². The predicted molar refractivity (Wildman–Crippen MR) is 110 cm³/mol. The van der Waals surface area contributed by atoms with Crippen LogP contribution in [0.5, 0.6) is 5.88 Å². The number of rotatable bonds is 5. The van der Waals surface area contributed by atoms with Crippen molar-refractivity contribution in [3.05, 3.63) is 65.0 Å². The first-order valence-electron chi connectivity index (χ1n) is 9.86. The molecule has 0 atom stereocenters. The Bertz CT molecular complexity index is 993. The van der Waals surface area contributed by atoms with E-state index < -0.39 is 0 Å². The number of hydrogen-bond donors (Lipinski definition) is 1. The third-order valence-corrected chi connectivity index (χ3v) is 5.25. The van der Waals surface area contributed by atoms with Crippen LogP contribution in [0.25, 0.3) is 10.9 Å². The van der Waals surface area contributed by atoms with Crippen LogP contribution in [-0.4, -0.2) is 22.0 Å². The predicted octanol–water partition coefficient (Wildman–Crippen LogP) is 4.50. The molecule has 1 aliphatic rings. The van der Waals surface area contributed by atoms with Crippen LogP contribution < -0.4 is 10.1 Å². The average Bonchev–Trinajstić information content (AvgIpc) is 3.19. The number of aryl methyl sites for hydroxylation is 2. The number of hydrogen-bond acceptors (Lipinski definition) is 4. The number of amides is 1. The molecule has 5 nitrogen and oxygen atoms in total. The normalized spacial score (nSPS) is 14.4. The topological polar surface area (TPSA) is 64.1 Å². The minimum absolute atomic E-state index is 0.126. The number of nitrogens with zero attached hydrogens (tertiary/aromatic N) is 2. The number of ether oxygens (including phenoxy) is 1. The van der Waals surface area contributed by atoms with Gasteiger partial charge >= 0.3 is 0 Å². The highest BCUT2D eigenvalue weighted by molar-refractivity contribution is 5.98. The second-order valence-electron chi connectivity index (χ2n) is 7.53. The van der Waals surface area contributed by atoms with E-state index in [1.807, 2.05) is 50.2 Å². The Morgan fingerprint density at radius 1 is 1.14 bits per heavy atom. The van der Waals surface area contributed by atoms with E-state index in [1.54, 1.807) is 6.20 Å². The van der Waals surface area contributed by atoms with Gasteiger partial charge in [0, 0.05) is 24.2 Å². The Kier molecular flexibility index (Phi) is 5.24. The summed E-state index contributed by atoms with van der Waals surface area (Å²) in [5, 5.41) is 3.93. The molecular formula is C23H25N3O2. The number of aromatic nitrogens is 2. The molecule has 0 spiro atoms. The average molecular weight is 375 g/mol. The summed E-state index contributed by atoms with van der Waals surface area (Å²) in [4.78, 5) is 21.6. The Hall–Kier alpha value is -2.95. The summed E-state index contributed by atoms with van der Waals surface area (Å²) < 4.78 is 5.88. The van der Waals surface area contributed by atoms with Crippen LogP contribution in [0.1, 0.15) is 52.9 Å². The highest BCUT2D eigenvalue weighted by atomic mass is 16.5. The van der Waals surface area contributed by atoms with Gasteiger partial charge in [-0.25, -0.2) is 4.98 Å². The SMILES string of the molecule is Cc1ccc2cc(C(=O)NCc3ccc(OC4CCCC4)nc3)c(C)nc2c1. The molecule has 0 radical (unpaired) electrons. The molecule has 144 valence electrons. The van der Waals surface area contributed by atoms with E-state index >= 15 is 0 Å². The van der Waals surface area contributed by atoms with Crippen molar-refractivity contribution in [3.63, 3.8) is 0 Å². The van der Waals surface area contributed by atoms with Crippen LogP contribution in [0.3, 0.4) is 0 Å². The van der Waals surface area contributed by atoms with Gasteiger partial charge in [0.05, 0.1) is 16.8 Å². The number of nitrogens with one attached hydrogen (secondary N) is 1. The molecule has 3 aromatic rings. The lowest BCUT2D eigenvalue weighted by Crippen LogP contribution is -2.24. The molecule has 28 heavy (non-hydrogen) atoms. The molecular weight excluding hydrogens is 350 g/mol. The van der Waals surface area contributed by atoms with Crippen molar-refractivity contribution >= 4 is 16.8 Å². The molecule has 2 heterocycles. The molecule has 5 heteroatoms. The van der Waals surface area contributed by atoms with Gasteiger partial charge < -0.3 is 10.1 Å². The second kappa shape index (κ2) is 7.97. The fourth-order valence-electron chi connectivity index (χ4n) is 3.64. The van der Waals surface area contributed by atoms with E-state index in [0.29, 0.717) is 24.1 Å². The van der Waals surface area contributed by atoms with Crippen molar-refractivity contribution in [3.8, 4) is 5.88 Å². The quantitative estimate of drug-likeness (QED) is 0.713. The van der Waals surface area contributed by atoms with E-state index in [0.717, 1.165) is 40.6 Å².